The Labute approximate surface area is 82.7 Å². The number of nitrogens with zero attached hydrogens (tertiary/aromatic N) is 2. The van der Waals surface area contributed by atoms with E-state index in [4.69, 9.17) is 5.73 Å². The average molecular weight is 194 g/mol. The lowest BCUT2D eigenvalue weighted by Crippen LogP contribution is -2.26. The summed E-state index contributed by atoms with van der Waals surface area (Å²) in [6.45, 7) is 1.95. The van der Waals surface area contributed by atoms with Crippen LogP contribution in [0.4, 0.5) is 5.69 Å². The first-order valence-electron chi connectivity index (χ1n) is 4.52. The minimum absolute atomic E-state index is 0.0837. The van der Waals surface area contributed by atoms with Crippen molar-refractivity contribution in [2.75, 3.05) is 5.32 Å². The first-order valence-corrected chi connectivity index (χ1v) is 4.52. The van der Waals surface area contributed by atoms with E-state index in [1.54, 1.807) is 12.4 Å². The molecule has 0 saturated carbocycles. The molecule has 0 saturated heterocycles. The van der Waals surface area contributed by atoms with Gasteiger partial charge in [-0.05, 0) is 6.42 Å². The summed E-state index contributed by atoms with van der Waals surface area (Å²) in [6, 6.07) is -0.0837. The molecule has 5 nitrogen and oxygen atoms in total. The summed E-state index contributed by atoms with van der Waals surface area (Å²) in [4.78, 5) is 18.9. The predicted octanol–water partition coefficient (Wildman–Crippen LogP) is 0.542. The molecule has 1 heterocycles. The van der Waals surface area contributed by atoms with E-state index in [0.717, 1.165) is 6.42 Å². The number of nitrogens with two attached hydrogens (primary N) is 1. The molecule has 0 aliphatic carbocycles. The Kier molecular flexibility index (Phi) is 4.00. The van der Waals surface area contributed by atoms with Crippen molar-refractivity contribution in [1.29, 1.82) is 0 Å². The number of anilines is 1. The lowest BCUT2D eigenvalue weighted by Gasteiger charge is -2.08. The molecule has 5 heteroatoms. The SMILES string of the molecule is CCC(N)CC(=O)Nc1cncnc1. The lowest BCUT2D eigenvalue weighted by molar-refractivity contribution is -0.116. The molecule has 0 bridgehead atoms. The molecule has 0 fully saturated rings. The van der Waals surface area contributed by atoms with Crippen LogP contribution in [0.5, 0.6) is 0 Å². The van der Waals surface area contributed by atoms with Crippen molar-refractivity contribution in [2.45, 2.75) is 25.8 Å². The molecule has 14 heavy (non-hydrogen) atoms. The summed E-state index contributed by atoms with van der Waals surface area (Å²) in [5.74, 6) is -0.103. The van der Waals surface area contributed by atoms with E-state index in [1.807, 2.05) is 6.92 Å². The average Bonchev–Trinajstić information content (AvgIpc) is 2.19. The van der Waals surface area contributed by atoms with Gasteiger partial charge in [0.05, 0.1) is 18.1 Å². The van der Waals surface area contributed by atoms with Crippen molar-refractivity contribution >= 4 is 11.6 Å². The zero-order chi connectivity index (χ0) is 10.4. The van der Waals surface area contributed by atoms with E-state index in [0.29, 0.717) is 12.1 Å². The van der Waals surface area contributed by atoms with Crippen LogP contribution in [0, 0.1) is 0 Å². The number of rotatable bonds is 4. The van der Waals surface area contributed by atoms with E-state index >= 15 is 0 Å². The van der Waals surface area contributed by atoms with E-state index in [-0.39, 0.29) is 11.9 Å². The summed E-state index contributed by atoms with van der Waals surface area (Å²) in [5, 5.41) is 2.66. The molecule has 0 radical (unpaired) electrons. The molecule has 1 atom stereocenters. The van der Waals surface area contributed by atoms with Crippen molar-refractivity contribution in [1.82, 2.24) is 9.97 Å². The van der Waals surface area contributed by atoms with Gasteiger partial charge in [0.15, 0.2) is 0 Å². The van der Waals surface area contributed by atoms with Crippen LogP contribution in [0.2, 0.25) is 0 Å². The van der Waals surface area contributed by atoms with Crippen LogP contribution in [0.25, 0.3) is 0 Å². The van der Waals surface area contributed by atoms with E-state index < -0.39 is 0 Å². The minimum atomic E-state index is -0.103. The molecule has 1 aromatic heterocycles. The normalized spacial score (nSPS) is 12.1. The number of hydrogen-bond donors (Lipinski definition) is 2. The van der Waals surface area contributed by atoms with Crippen molar-refractivity contribution in [3.63, 3.8) is 0 Å². The van der Waals surface area contributed by atoms with Gasteiger partial charge in [0.1, 0.15) is 6.33 Å². The summed E-state index contributed by atoms with van der Waals surface area (Å²) in [5.41, 5.74) is 6.23. The molecular weight excluding hydrogens is 180 g/mol. The Hall–Kier alpha value is -1.49. The van der Waals surface area contributed by atoms with Crippen molar-refractivity contribution in [2.24, 2.45) is 5.73 Å². The Morgan fingerprint density at radius 1 is 1.57 bits per heavy atom. The molecule has 1 amide bonds. The van der Waals surface area contributed by atoms with Crippen LogP contribution < -0.4 is 11.1 Å². The fourth-order valence-electron chi connectivity index (χ4n) is 0.958. The highest BCUT2D eigenvalue weighted by Crippen LogP contribution is 2.02. The fraction of sp³-hybridized carbons (Fsp3) is 0.444. The summed E-state index contributed by atoms with van der Waals surface area (Å²) in [6.07, 6.45) is 5.61. The van der Waals surface area contributed by atoms with Gasteiger partial charge in [-0.1, -0.05) is 6.92 Å². The second kappa shape index (κ2) is 5.29. The largest absolute Gasteiger partial charge is 0.327 e. The second-order valence-corrected chi connectivity index (χ2v) is 3.05. The van der Waals surface area contributed by atoms with Gasteiger partial charge in [0, 0.05) is 12.5 Å². The second-order valence-electron chi connectivity index (χ2n) is 3.05. The van der Waals surface area contributed by atoms with Crippen LogP contribution in [0.3, 0.4) is 0 Å². The smallest absolute Gasteiger partial charge is 0.226 e. The molecule has 0 aliphatic heterocycles. The number of nitrogens with one attached hydrogen (secondary N) is 1. The highest BCUT2D eigenvalue weighted by molar-refractivity contribution is 5.90. The van der Waals surface area contributed by atoms with Crippen LogP contribution in [0.1, 0.15) is 19.8 Å². The third-order valence-electron chi connectivity index (χ3n) is 1.82. The molecule has 0 spiro atoms. The first-order chi connectivity index (χ1) is 6.72. The Balaban J connectivity index is 2.42. The molecule has 0 aromatic carbocycles. The molecule has 1 unspecified atom stereocenters. The maximum Gasteiger partial charge on any atom is 0.226 e. The summed E-state index contributed by atoms with van der Waals surface area (Å²) in [7, 11) is 0. The van der Waals surface area contributed by atoms with Crippen molar-refractivity contribution < 1.29 is 4.79 Å². The number of hydrogen-bond acceptors (Lipinski definition) is 4. The first kappa shape index (κ1) is 10.6. The van der Waals surface area contributed by atoms with Crippen LogP contribution in [-0.2, 0) is 4.79 Å². The van der Waals surface area contributed by atoms with Crippen LogP contribution in [0.15, 0.2) is 18.7 Å². The summed E-state index contributed by atoms with van der Waals surface area (Å²) >= 11 is 0. The molecule has 1 rings (SSSR count). The van der Waals surface area contributed by atoms with Gasteiger partial charge in [-0.25, -0.2) is 9.97 Å². The Morgan fingerprint density at radius 3 is 2.79 bits per heavy atom. The number of carbonyl (C=O) groups excluding carboxylic acids is 1. The maximum atomic E-state index is 11.3. The summed E-state index contributed by atoms with van der Waals surface area (Å²) < 4.78 is 0. The highest BCUT2D eigenvalue weighted by Gasteiger charge is 2.07. The van der Waals surface area contributed by atoms with Gasteiger partial charge in [-0.2, -0.15) is 0 Å². The van der Waals surface area contributed by atoms with Crippen molar-refractivity contribution in [3.8, 4) is 0 Å². The molecule has 1 aromatic rings. The van der Waals surface area contributed by atoms with E-state index in [1.165, 1.54) is 6.33 Å². The van der Waals surface area contributed by atoms with Crippen LogP contribution in [-0.4, -0.2) is 21.9 Å². The Morgan fingerprint density at radius 2 is 2.21 bits per heavy atom. The molecule has 0 aliphatic rings. The Bertz CT molecular complexity index is 288. The van der Waals surface area contributed by atoms with Gasteiger partial charge in [0.25, 0.3) is 0 Å². The van der Waals surface area contributed by atoms with Gasteiger partial charge in [0.2, 0.25) is 5.91 Å². The third kappa shape index (κ3) is 3.49. The van der Waals surface area contributed by atoms with Crippen molar-refractivity contribution in [3.05, 3.63) is 18.7 Å². The van der Waals surface area contributed by atoms with Gasteiger partial charge in [-0.3, -0.25) is 4.79 Å². The molecule has 76 valence electrons. The zero-order valence-corrected chi connectivity index (χ0v) is 8.10. The number of aromatic nitrogens is 2. The standard InChI is InChI=1S/C9H14N4O/c1-2-7(10)3-9(14)13-8-4-11-6-12-5-8/h4-7H,2-3,10H2,1H3,(H,13,14). The van der Waals surface area contributed by atoms with Crippen LogP contribution >= 0.6 is 0 Å². The third-order valence-corrected chi connectivity index (χ3v) is 1.82. The molecular formula is C9H14N4O. The number of amides is 1. The van der Waals surface area contributed by atoms with Gasteiger partial charge in [-0.15, -0.1) is 0 Å². The monoisotopic (exact) mass is 194 g/mol. The molecule has 3 N–H and O–H groups in total. The van der Waals surface area contributed by atoms with Gasteiger partial charge >= 0.3 is 0 Å². The fourth-order valence-corrected chi connectivity index (χ4v) is 0.958. The highest BCUT2D eigenvalue weighted by atomic mass is 16.1. The van der Waals surface area contributed by atoms with E-state index in [2.05, 4.69) is 15.3 Å². The number of carbonyl (C=O) groups is 1. The maximum absolute atomic E-state index is 11.3. The van der Waals surface area contributed by atoms with E-state index in [9.17, 15) is 4.79 Å². The predicted molar refractivity (Wildman–Crippen MR) is 53.5 cm³/mol. The lowest BCUT2D eigenvalue weighted by atomic mass is 10.1. The quantitative estimate of drug-likeness (QED) is 0.733. The zero-order valence-electron chi connectivity index (χ0n) is 8.10. The topological polar surface area (TPSA) is 80.9 Å². The minimum Gasteiger partial charge on any atom is -0.327 e. The van der Waals surface area contributed by atoms with Gasteiger partial charge < -0.3 is 11.1 Å².